The molecule has 1 aromatic heterocycles. The van der Waals surface area contributed by atoms with Crippen molar-refractivity contribution in [2.45, 2.75) is 13.5 Å². The van der Waals surface area contributed by atoms with Gasteiger partial charge >= 0.3 is 0 Å². The van der Waals surface area contributed by atoms with Crippen molar-refractivity contribution >= 4 is 11.9 Å². The van der Waals surface area contributed by atoms with Crippen molar-refractivity contribution in [3.8, 4) is 11.5 Å². The van der Waals surface area contributed by atoms with Gasteiger partial charge in [-0.3, -0.25) is 9.78 Å². The van der Waals surface area contributed by atoms with E-state index in [1.165, 1.54) is 5.56 Å². The summed E-state index contributed by atoms with van der Waals surface area (Å²) in [5, 5.41) is 0. The summed E-state index contributed by atoms with van der Waals surface area (Å²) in [6, 6.07) is 17.1. The maximum Gasteiger partial charge on any atom is 0.231 e. The highest BCUT2D eigenvalue weighted by molar-refractivity contribution is 6.14. The second-order valence-corrected chi connectivity index (χ2v) is 6.15. The topological polar surface area (TPSA) is 48.4 Å². The number of hydrogen-bond acceptors (Lipinski definition) is 4. The molecule has 4 heteroatoms. The molecule has 3 aromatic rings. The molecule has 4 nitrogen and oxygen atoms in total. The number of carbonyl (C=O) groups is 1. The van der Waals surface area contributed by atoms with Gasteiger partial charge in [0, 0.05) is 18.5 Å². The van der Waals surface area contributed by atoms with Crippen LogP contribution in [0.15, 0.2) is 72.8 Å². The number of ketones is 1. The smallest absolute Gasteiger partial charge is 0.231 e. The molecule has 1 aliphatic heterocycles. The molecule has 0 amide bonds. The van der Waals surface area contributed by atoms with Gasteiger partial charge in [0.25, 0.3) is 0 Å². The van der Waals surface area contributed by atoms with E-state index in [9.17, 15) is 4.79 Å². The summed E-state index contributed by atoms with van der Waals surface area (Å²) in [5.41, 5.74) is 3.72. The molecule has 4 rings (SSSR count). The van der Waals surface area contributed by atoms with Crippen LogP contribution in [0, 0.1) is 6.92 Å². The molecule has 2 heterocycles. The predicted octanol–water partition coefficient (Wildman–Crippen LogP) is 4.59. The van der Waals surface area contributed by atoms with Crippen LogP contribution in [0.2, 0.25) is 0 Å². The number of pyridine rings is 1. The zero-order valence-electron chi connectivity index (χ0n) is 14.3. The molecular formula is C22H17NO3. The predicted molar refractivity (Wildman–Crippen MR) is 99.1 cm³/mol. The van der Waals surface area contributed by atoms with Gasteiger partial charge in [-0.15, -0.1) is 0 Å². The quantitative estimate of drug-likeness (QED) is 0.650. The fourth-order valence-electron chi connectivity index (χ4n) is 2.72. The fourth-order valence-corrected chi connectivity index (χ4v) is 2.72. The molecule has 0 saturated heterocycles. The van der Waals surface area contributed by atoms with Crippen molar-refractivity contribution in [3.63, 3.8) is 0 Å². The number of hydrogen-bond donors (Lipinski definition) is 0. The minimum Gasteiger partial charge on any atom is -0.489 e. The number of ether oxygens (including phenoxy) is 2. The molecule has 0 bridgehead atoms. The Morgan fingerprint density at radius 3 is 2.58 bits per heavy atom. The van der Waals surface area contributed by atoms with E-state index in [0.717, 1.165) is 11.1 Å². The monoisotopic (exact) mass is 343 g/mol. The van der Waals surface area contributed by atoms with Crippen LogP contribution in [-0.4, -0.2) is 10.8 Å². The Balaban J connectivity index is 1.50. The first-order valence-electron chi connectivity index (χ1n) is 8.36. The van der Waals surface area contributed by atoms with E-state index in [0.29, 0.717) is 29.4 Å². The van der Waals surface area contributed by atoms with E-state index in [-0.39, 0.29) is 5.78 Å². The lowest BCUT2D eigenvalue weighted by molar-refractivity contribution is 0.101. The number of aryl methyl sites for hydroxylation is 1. The molecule has 2 aromatic carbocycles. The number of benzene rings is 2. The molecular weight excluding hydrogens is 326 g/mol. The Hall–Kier alpha value is -3.40. The lowest BCUT2D eigenvalue weighted by Gasteiger charge is -2.07. The molecule has 0 N–H and O–H groups in total. The zero-order chi connectivity index (χ0) is 17.9. The Morgan fingerprint density at radius 2 is 1.81 bits per heavy atom. The van der Waals surface area contributed by atoms with Crippen LogP contribution < -0.4 is 9.47 Å². The van der Waals surface area contributed by atoms with E-state index in [2.05, 4.69) is 24.0 Å². The van der Waals surface area contributed by atoms with E-state index < -0.39 is 0 Å². The third-order valence-electron chi connectivity index (χ3n) is 4.17. The summed E-state index contributed by atoms with van der Waals surface area (Å²) in [6.07, 6.45) is 5.07. The second-order valence-electron chi connectivity index (χ2n) is 6.15. The summed E-state index contributed by atoms with van der Waals surface area (Å²) in [6.45, 7) is 2.52. The molecule has 0 unspecified atom stereocenters. The highest BCUT2D eigenvalue weighted by Crippen LogP contribution is 2.35. The lowest BCUT2D eigenvalue weighted by atomic mass is 10.1. The maximum atomic E-state index is 12.5. The normalized spacial score (nSPS) is 14.2. The third kappa shape index (κ3) is 3.35. The van der Waals surface area contributed by atoms with Crippen LogP contribution in [0.1, 0.15) is 27.0 Å². The van der Waals surface area contributed by atoms with Gasteiger partial charge in [-0.1, -0.05) is 29.8 Å². The highest BCUT2D eigenvalue weighted by Gasteiger charge is 2.27. The zero-order valence-corrected chi connectivity index (χ0v) is 14.3. The summed E-state index contributed by atoms with van der Waals surface area (Å²) in [5.74, 6) is 1.38. The maximum absolute atomic E-state index is 12.5. The van der Waals surface area contributed by atoms with Crippen molar-refractivity contribution in [1.82, 2.24) is 4.98 Å². The second kappa shape index (κ2) is 6.84. The molecule has 0 fully saturated rings. The summed E-state index contributed by atoms with van der Waals surface area (Å²) < 4.78 is 11.6. The molecule has 0 radical (unpaired) electrons. The average Bonchev–Trinajstić information content (AvgIpc) is 2.97. The molecule has 0 spiro atoms. The first-order chi connectivity index (χ1) is 12.7. The van der Waals surface area contributed by atoms with Gasteiger partial charge in [0.2, 0.25) is 5.78 Å². The van der Waals surface area contributed by atoms with Crippen LogP contribution >= 0.6 is 0 Å². The van der Waals surface area contributed by atoms with Crippen molar-refractivity contribution in [2.75, 3.05) is 0 Å². The lowest BCUT2D eigenvalue weighted by Crippen LogP contribution is -1.98. The van der Waals surface area contributed by atoms with Crippen molar-refractivity contribution < 1.29 is 14.3 Å². The molecule has 0 aliphatic carbocycles. The summed E-state index contributed by atoms with van der Waals surface area (Å²) in [4.78, 5) is 16.4. The van der Waals surface area contributed by atoms with Gasteiger partial charge in [-0.25, -0.2) is 0 Å². The summed E-state index contributed by atoms with van der Waals surface area (Å²) in [7, 11) is 0. The van der Waals surface area contributed by atoms with E-state index >= 15 is 0 Å². The minimum atomic E-state index is -0.123. The molecule has 26 heavy (non-hydrogen) atoms. The summed E-state index contributed by atoms with van der Waals surface area (Å²) >= 11 is 0. The Kier molecular flexibility index (Phi) is 4.23. The standard InChI is InChI=1S/C22H17NO3/c1-15-2-4-17(5-3-15)14-25-18-6-7-19-20(13-18)26-21(22(19)24)12-16-8-10-23-11-9-16/h2-13H,14H2,1H3/b21-12-. The SMILES string of the molecule is Cc1ccc(COc2ccc3c(c2)O/C(=C\c2ccncc2)C3=O)cc1. The van der Waals surface area contributed by atoms with Crippen LogP contribution in [0.5, 0.6) is 11.5 Å². The van der Waals surface area contributed by atoms with Gasteiger partial charge in [0.05, 0.1) is 5.56 Å². The number of carbonyl (C=O) groups excluding carboxylic acids is 1. The van der Waals surface area contributed by atoms with Crippen molar-refractivity contribution in [3.05, 3.63) is 95.0 Å². The average molecular weight is 343 g/mol. The van der Waals surface area contributed by atoms with Crippen LogP contribution in [-0.2, 0) is 6.61 Å². The number of aromatic nitrogens is 1. The third-order valence-corrected chi connectivity index (χ3v) is 4.17. The van der Waals surface area contributed by atoms with Crippen LogP contribution in [0.25, 0.3) is 6.08 Å². The largest absolute Gasteiger partial charge is 0.489 e. The van der Waals surface area contributed by atoms with Crippen LogP contribution in [0.4, 0.5) is 0 Å². The number of fused-ring (bicyclic) bond motifs is 1. The molecule has 0 saturated carbocycles. The van der Waals surface area contributed by atoms with Gasteiger partial charge in [0.1, 0.15) is 18.1 Å². The van der Waals surface area contributed by atoms with E-state index in [1.807, 2.05) is 24.3 Å². The van der Waals surface area contributed by atoms with Crippen molar-refractivity contribution in [1.29, 1.82) is 0 Å². The fraction of sp³-hybridized carbons (Fsp3) is 0.0909. The van der Waals surface area contributed by atoms with Crippen molar-refractivity contribution in [2.24, 2.45) is 0 Å². The van der Waals surface area contributed by atoms with Gasteiger partial charge in [-0.05, 0) is 48.4 Å². The number of allylic oxidation sites excluding steroid dienone is 1. The molecule has 128 valence electrons. The molecule has 1 aliphatic rings. The Morgan fingerprint density at radius 1 is 1.04 bits per heavy atom. The van der Waals surface area contributed by atoms with Gasteiger partial charge in [0.15, 0.2) is 5.76 Å². The van der Waals surface area contributed by atoms with Gasteiger partial charge in [-0.2, -0.15) is 0 Å². The van der Waals surface area contributed by atoms with E-state index in [1.54, 1.807) is 36.7 Å². The number of Topliss-reactive ketones (excluding diaryl/α,β-unsaturated/α-hetero) is 1. The minimum absolute atomic E-state index is 0.123. The first kappa shape index (κ1) is 16.1. The Labute approximate surface area is 151 Å². The van der Waals surface area contributed by atoms with Gasteiger partial charge < -0.3 is 9.47 Å². The number of nitrogens with zero attached hydrogens (tertiary/aromatic N) is 1. The Bertz CT molecular complexity index is 976. The first-order valence-corrected chi connectivity index (χ1v) is 8.36. The van der Waals surface area contributed by atoms with E-state index in [4.69, 9.17) is 9.47 Å². The van der Waals surface area contributed by atoms with Crippen LogP contribution in [0.3, 0.4) is 0 Å². The highest BCUT2D eigenvalue weighted by atomic mass is 16.5. The molecule has 0 atom stereocenters. The number of rotatable bonds is 4.